The Morgan fingerprint density at radius 2 is 2.21 bits per heavy atom. The van der Waals surface area contributed by atoms with Crippen LogP contribution in [0.2, 0.25) is 0 Å². The molecule has 0 radical (unpaired) electrons. The molecule has 0 aromatic carbocycles. The molecule has 2 rings (SSSR count). The van der Waals surface area contributed by atoms with E-state index in [0.717, 1.165) is 23.9 Å². The minimum atomic E-state index is 0.458. The number of nitrogens with zero attached hydrogens (tertiary/aromatic N) is 3. The number of rotatable bonds is 6. The first-order valence-corrected chi connectivity index (χ1v) is 7.13. The molecule has 0 aliphatic heterocycles. The van der Waals surface area contributed by atoms with Gasteiger partial charge in [-0.3, -0.25) is 0 Å². The van der Waals surface area contributed by atoms with E-state index in [1.807, 2.05) is 12.1 Å². The first-order valence-electron chi connectivity index (χ1n) is 6.33. The third-order valence-electron chi connectivity index (χ3n) is 2.55. The number of aryl methyl sites for hydroxylation is 1. The van der Waals surface area contributed by atoms with Gasteiger partial charge in [-0.2, -0.15) is 0 Å². The Kier molecular flexibility index (Phi) is 5.04. The lowest BCUT2D eigenvalue weighted by Crippen LogP contribution is -2.23. The summed E-state index contributed by atoms with van der Waals surface area (Å²) >= 11 is 3.42. The van der Waals surface area contributed by atoms with Gasteiger partial charge in [-0.25, -0.2) is 4.98 Å². The highest BCUT2D eigenvalue weighted by atomic mass is 79.9. The molecule has 0 amide bonds. The van der Waals surface area contributed by atoms with Gasteiger partial charge in [0.05, 0.1) is 0 Å². The van der Waals surface area contributed by atoms with Crippen LogP contribution >= 0.6 is 15.9 Å². The number of hydrogen-bond donors (Lipinski definition) is 1. The second-order valence-corrected chi connectivity index (χ2v) is 5.40. The monoisotopic (exact) mass is 324 g/mol. The molecule has 0 bridgehead atoms. The molecule has 2 aromatic rings. The topological polar surface area (TPSA) is 63.8 Å². The zero-order valence-electron chi connectivity index (χ0n) is 11.1. The Labute approximate surface area is 121 Å². The van der Waals surface area contributed by atoms with E-state index in [4.69, 9.17) is 4.42 Å². The fourth-order valence-electron chi connectivity index (χ4n) is 1.62. The molecule has 6 heteroatoms. The van der Waals surface area contributed by atoms with Gasteiger partial charge in [-0.1, -0.05) is 13.8 Å². The van der Waals surface area contributed by atoms with E-state index < -0.39 is 0 Å². The molecule has 0 unspecified atom stereocenters. The molecule has 0 saturated heterocycles. The first kappa shape index (κ1) is 14.1. The lowest BCUT2D eigenvalue weighted by Gasteiger charge is -2.05. The highest BCUT2D eigenvalue weighted by molar-refractivity contribution is 9.10. The van der Waals surface area contributed by atoms with Crippen molar-refractivity contribution in [1.82, 2.24) is 20.5 Å². The van der Waals surface area contributed by atoms with E-state index in [-0.39, 0.29) is 0 Å². The van der Waals surface area contributed by atoms with E-state index in [0.29, 0.717) is 23.5 Å². The van der Waals surface area contributed by atoms with Crippen LogP contribution in [0.5, 0.6) is 0 Å². The Morgan fingerprint density at radius 1 is 1.37 bits per heavy atom. The van der Waals surface area contributed by atoms with Gasteiger partial charge in [0.1, 0.15) is 5.69 Å². The summed E-state index contributed by atoms with van der Waals surface area (Å²) in [5.74, 6) is 1.11. The third-order valence-corrected chi connectivity index (χ3v) is 3.19. The normalized spacial score (nSPS) is 11.2. The maximum Gasteiger partial charge on any atom is 0.267 e. The molecule has 0 saturated carbocycles. The van der Waals surface area contributed by atoms with Gasteiger partial charge in [0.15, 0.2) is 0 Å². The lowest BCUT2D eigenvalue weighted by atomic mass is 10.3. The van der Waals surface area contributed by atoms with E-state index in [1.165, 1.54) is 0 Å². The van der Waals surface area contributed by atoms with Crippen LogP contribution in [0.25, 0.3) is 11.6 Å². The molecule has 19 heavy (non-hydrogen) atoms. The highest BCUT2D eigenvalue weighted by Crippen LogP contribution is 2.24. The molecule has 0 spiro atoms. The third kappa shape index (κ3) is 4.11. The molecule has 0 aliphatic rings. The molecule has 1 N–H and O–H groups in total. The molecule has 2 heterocycles. The standard InChI is InChI=1S/C13H17BrN4O/c1-9(2)15-7-4-6-11-17-18-13(19-11)12-10(14)5-3-8-16-12/h3,5,8-9,15H,4,6-7H2,1-2H3. The van der Waals surface area contributed by atoms with Crippen LogP contribution in [0.1, 0.15) is 26.2 Å². The molecular weight excluding hydrogens is 308 g/mol. The molecule has 102 valence electrons. The van der Waals surface area contributed by atoms with Crippen molar-refractivity contribution in [3.05, 3.63) is 28.7 Å². The maximum absolute atomic E-state index is 5.62. The van der Waals surface area contributed by atoms with Crippen LogP contribution in [-0.4, -0.2) is 27.8 Å². The number of hydrogen-bond acceptors (Lipinski definition) is 5. The Bertz CT molecular complexity index is 527. The molecular formula is C13H17BrN4O. The summed E-state index contributed by atoms with van der Waals surface area (Å²) in [6, 6.07) is 4.25. The minimum Gasteiger partial charge on any atom is -0.419 e. The highest BCUT2D eigenvalue weighted by Gasteiger charge is 2.12. The van der Waals surface area contributed by atoms with Crippen molar-refractivity contribution < 1.29 is 4.42 Å². The Balaban J connectivity index is 1.94. The van der Waals surface area contributed by atoms with Gasteiger partial charge in [0, 0.05) is 23.1 Å². The number of pyridine rings is 1. The zero-order valence-corrected chi connectivity index (χ0v) is 12.6. The second-order valence-electron chi connectivity index (χ2n) is 4.55. The predicted octanol–water partition coefficient (Wildman–Crippen LogP) is 2.82. The number of halogens is 1. The van der Waals surface area contributed by atoms with E-state index in [1.54, 1.807) is 6.20 Å². The summed E-state index contributed by atoms with van der Waals surface area (Å²) in [6.45, 7) is 5.20. The van der Waals surface area contributed by atoms with Crippen molar-refractivity contribution >= 4 is 15.9 Å². The van der Waals surface area contributed by atoms with Crippen LogP contribution < -0.4 is 5.32 Å². The van der Waals surface area contributed by atoms with Crippen molar-refractivity contribution in [3.8, 4) is 11.6 Å². The van der Waals surface area contributed by atoms with Gasteiger partial charge in [0.2, 0.25) is 5.89 Å². The van der Waals surface area contributed by atoms with Crippen molar-refractivity contribution in [3.63, 3.8) is 0 Å². The average Bonchev–Trinajstić information content (AvgIpc) is 2.83. The fraction of sp³-hybridized carbons (Fsp3) is 0.462. The quantitative estimate of drug-likeness (QED) is 0.828. The van der Waals surface area contributed by atoms with Gasteiger partial charge < -0.3 is 9.73 Å². The second kappa shape index (κ2) is 6.77. The van der Waals surface area contributed by atoms with Gasteiger partial charge >= 0.3 is 0 Å². The van der Waals surface area contributed by atoms with Gasteiger partial charge in [-0.15, -0.1) is 10.2 Å². The summed E-state index contributed by atoms with van der Waals surface area (Å²) in [4.78, 5) is 4.23. The largest absolute Gasteiger partial charge is 0.419 e. The van der Waals surface area contributed by atoms with Crippen LogP contribution in [0.15, 0.2) is 27.2 Å². The maximum atomic E-state index is 5.62. The Morgan fingerprint density at radius 3 is 2.95 bits per heavy atom. The summed E-state index contributed by atoms with van der Waals surface area (Å²) in [5, 5.41) is 11.4. The van der Waals surface area contributed by atoms with Crippen LogP contribution in [-0.2, 0) is 6.42 Å². The molecule has 0 atom stereocenters. The van der Waals surface area contributed by atoms with Crippen LogP contribution in [0.3, 0.4) is 0 Å². The zero-order chi connectivity index (χ0) is 13.7. The van der Waals surface area contributed by atoms with Gasteiger partial charge in [-0.05, 0) is 41.0 Å². The Hall–Kier alpha value is -1.27. The van der Waals surface area contributed by atoms with E-state index >= 15 is 0 Å². The lowest BCUT2D eigenvalue weighted by molar-refractivity contribution is 0.483. The summed E-state index contributed by atoms with van der Waals surface area (Å²) in [5.41, 5.74) is 0.682. The molecule has 0 fully saturated rings. The van der Waals surface area contributed by atoms with Crippen molar-refractivity contribution in [1.29, 1.82) is 0 Å². The first-order chi connectivity index (χ1) is 9.16. The smallest absolute Gasteiger partial charge is 0.267 e. The summed E-state index contributed by atoms with van der Waals surface area (Å²) < 4.78 is 6.47. The average molecular weight is 325 g/mol. The molecule has 5 nitrogen and oxygen atoms in total. The van der Waals surface area contributed by atoms with Crippen molar-refractivity contribution in [2.45, 2.75) is 32.7 Å². The predicted molar refractivity (Wildman–Crippen MR) is 76.7 cm³/mol. The molecule has 0 aliphatic carbocycles. The SMILES string of the molecule is CC(C)NCCCc1nnc(-c2ncccc2Br)o1. The fourth-order valence-corrected chi connectivity index (χ4v) is 2.05. The minimum absolute atomic E-state index is 0.458. The van der Waals surface area contributed by atoms with Crippen molar-refractivity contribution in [2.24, 2.45) is 0 Å². The summed E-state index contributed by atoms with van der Waals surface area (Å²) in [6.07, 6.45) is 3.46. The summed E-state index contributed by atoms with van der Waals surface area (Å²) in [7, 11) is 0. The number of aromatic nitrogens is 3. The van der Waals surface area contributed by atoms with Crippen molar-refractivity contribution in [2.75, 3.05) is 6.54 Å². The van der Waals surface area contributed by atoms with Crippen LogP contribution in [0.4, 0.5) is 0 Å². The van der Waals surface area contributed by atoms with E-state index in [9.17, 15) is 0 Å². The van der Waals surface area contributed by atoms with Crippen LogP contribution in [0, 0.1) is 0 Å². The molecule has 2 aromatic heterocycles. The van der Waals surface area contributed by atoms with Gasteiger partial charge in [0.25, 0.3) is 5.89 Å². The number of nitrogens with one attached hydrogen (secondary N) is 1. The van der Waals surface area contributed by atoms with E-state index in [2.05, 4.69) is 50.3 Å².